The molecule has 3 aromatic rings. The Bertz CT molecular complexity index is 1010. The van der Waals surface area contributed by atoms with Gasteiger partial charge in [0, 0.05) is 18.8 Å². The van der Waals surface area contributed by atoms with E-state index in [4.69, 9.17) is 0 Å². The maximum absolute atomic E-state index is 12.3. The van der Waals surface area contributed by atoms with Crippen molar-refractivity contribution in [2.75, 3.05) is 23.3 Å². The van der Waals surface area contributed by atoms with E-state index in [1.165, 1.54) is 6.33 Å². The zero-order chi connectivity index (χ0) is 19.5. The molecule has 8 heteroatoms. The molecular formula is C20H24N6O2. The van der Waals surface area contributed by atoms with Crippen molar-refractivity contribution in [3.63, 3.8) is 0 Å². The van der Waals surface area contributed by atoms with Crippen molar-refractivity contribution < 1.29 is 5.11 Å². The van der Waals surface area contributed by atoms with Crippen LogP contribution in [0.15, 0.2) is 35.5 Å². The molecule has 3 aromatic heterocycles. The number of fused-ring (bicyclic) bond motifs is 1. The number of hydrogen-bond acceptors (Lipinski definition) is 7. The standard InChI is InChI=1S/C20H24N6O2/c1-2-3-13-10-16(18-19(24-13)22-12-23-20(18)28)25-17-5-4-14(11-21-17)26-8-6-15(27)7-9-26/h4-5,10-12,15,27H,2-3,6-9H2,1H3,(H2,21,22,23,24,25,28). The highest BCUT2D eigenvalue weighted by atomic mass is 16.3. The SMILES string of the molecule is CCCc1cc(Nc2ccc(N3CCC(O)CC3)cn2)c2c(=O)[nH]cnc2n1. The molecule has 0 amide bonds. The predicted molar refractivity (Wildman–Crippen MR) is 109 cm³/mol. The van der Waals surface area contributed by atoms with Gasteiger partial charge in [0.05, 0.1) is 30.0 Å². The molecule has 1 aliphatic rings. The van der Waals surface area contributed by atoms with Gasteiger partial charge in [0.2, 0.25) is 0 Å². The zero-order valence-electron chi connectivity index (χ0n) is 15.9. The molecule has 0 aliphatic carbocycles. The summed E-state index contributed by atoms with van der Waals surface area (Å²) in [7, 11) is 0. The second-order valence-corrected chi connectivity index (χ2v) is 7.09. The van der Waals surface area contributed by atoms with Gasteiger partial charge in [0.1, 0.15) is 11.2 Å². The Balaban J connectivity index is 1.61. The molecule has 1 fully saturated rings. The number of aliphatic hydroxyl groups is 1. The van der Waals surface area contributed by atoms with Crippen LogP contribution in [-0.2, 0) is 6.42 Å². The van der Waals surface area contributed by atoms with Crippen molar-refractivity contribution >= 4 is 28.2 Å². The highest BCUT2D eigenvalue weighted by Gasteiger charge is 2.17. The lowest BCUT2D eigenvalue weighted by Gasteiger charge is -2.31. The maximum atomic E-state index is 12.3. The molecule has 0 unspecified atom stereocenters. The number of rotatable bonds is 5. The number of hydrogen-bond donors (Lipinski definition) is 3. The fraction of sp³-hybridized carbons (Fsp3) is 0.400. The highest BCUT2D eigenvalue weighted by molar-refractivity contribution is 5.90. The van der Waals surface area contributed by atoms with Gasteiger partial charge in [0.15, 0.2) is 5.65 Å². The summed E-state index contributed by atoms with van der Waals surface area (Å²) >= 11 is 0. The Morgan fingerprint density at radius 1 is 1.29 bits per heavy atom. The van der Waals surface area contributed by atoms with Gasteiger partial charge in [-0.3, -0.25) is 4.79 Å². The van der Waals surface area contributed by atoms with Gasteiger partial charge in [-0.25, -0.2) is 15.0 Å². The van der Waals surface area contributed by atoms with Crippen molar-refractivity contribution in [1.29, 1.82) is 0 Å². The number of aryl methyl sites for hydroxylation is 1. The quantitative estimate of drug-likeness (QED) is 0.624. The van der Waals surface area contributed by atoms with Crippen molar-refractivity contribution in [1.82, 2.24) is 19.9 Å². The summed E-state index contributed by atoms with van der Waals surface area (Å²) < 4.78 is 0. The largest absolute Gasteiger partial charge is 0.393 e. The number of H-pyrrole nitrogens is 1. The lowest BCUT2D eigenvalue weighted by Crippen LogP contribution is -2.35. The van der Waals surface area contributed by atoms with Gasteiger partial charge in [-0.1, -0.05) is 13.3 Å². The highest BCUT2D eigenvalue weighted by Crippen LogP contribution is 2.25. The van der Waals surface area contributed by atoms with E-state index in [9.17, 15) is 9.90 Å². The van der Waals surface area contributed by atoms with E-state index in [2.05, 4.69) is 37.1 Å². The molecule has 0 atom stereocenters. The third kappa shape index (κ3) is 3.82. The first-order chi connectivity index (χ1) is 13.6. The lowest BCUT2D eigenvalue weighted by atomic mass is 10.1. The van der Waals surface area contributed by atoms with E-state index in [-0.39, 0.29) is 11.7 Å². The summed E-state index contributed by atoms with van der Waals surface area (Å²) in [4.78, 5) is 30.4. The van der Waals surface area contributed by atoms with Crippen molar-refractivity contribution in [2.24, 2.45) is 0 Å². The summed E-state index contributed by atoms with van der Waals surface area (Å²) in [5.74, 6) is 0.652. The van der Waals surface area contributed by atoms with Gasteiger partial charge in [0.25, 0.3) is 5.56 Å². The van der Waals surface area contributed by atoms with Crippen LogP contribution >= 0.6 is 0 Å². The van der Waals surface area contributed by atoms with Gasteiger partial charge in [-0.2, -0.15) is 0 Å². The number of piperidine rings is 1. The summed E-state index contributed by atoms with van der Waals surface area (Å²) in [5.41, 5.74) is 2.78. The van der Waals surface area contributed by atoms with E-state index in [1.807, 2.05) is 24.4 Å². The summed E-state index contributed by atoms with van der Waals surface area (Å²) in [6.45, 7) is 3.74. The van der Waals surface area contributed by atoms with Crippen LogP contribution in [0.25, 0.3) is 11.0 Å². The Kier molecular flexibility index (Phi) is 5.21. The number of nitrogens with zero attached hydrogens (tertiary/aromatic N) is 4. The fourth-order valence-electron chi connectivity index (χ4n) is 3.52. The molecule has 0 spiro atoms. The third-order valence-electron chi connectivity index (χ3n) is 5.01. The van der Waals surface area contributed by atoms with E-state index in [0.717, 1.165) is 50.2 Å². The number of aromatic amines is 1. The zero-order valence-corrected chi connectivity index (χ0v) is 15.9. The molecule has 0 saturated carbocycles. The van der Waals surface area contributed by atoms with Crippen LogP contribution < -0.4 is 15.8 Å². The molecule has 0 aromatic carbocycles. The molecule has 146 valence electrons. The van der Waals surface area contributed by atoms with E-state index < -0.39 is 0 Å². The monoisotopic (exact) mass is 380 g/mol. The first-order valence-corrected chi connectivity index (χ1v) is 9.67. The second kappa shape index (κ2) is 7.93. The van der Waals surface area contributed by atoms with Crippen LogP contribution in [0.1, 0.15) is 31.9 Å². The molecular weight excluding hydrogens is 356 g/mol. The fourth-order valence-corrected chi connectivity index (χ4v) is 3.52. The Labute approximate surface area is 162 Å². The smallest absolute Gasteiger partial charge is 0.262 e. The normalized spacial score (nSPS) is 15.1. The maximum Gasteiger partial charge on any atom is 0.262 e. The Morgan fingerprint density at radius 3 is 2.82 bits per heavy atom. The molecule has 4 heterocycles. The van der Waals surface area contributed by atoms with E-state index in [1.54, 1.807) is 0 Å². The first-order valence-electron chi connectivity index (χ1n) is 9.67. The van der Waals surface area contributed by atoms with Gasteiger partial charge >= 0.3 is 0 Å². The molecule has 0 bridgehead atoms. The minimum atomic E-state index is -0.230. The molecule has 8 nitrogen and oxygen atoms in total. The number of nitrogens with one attached hydrogen (secondary N) is 2. The van der Waals surface area contributed by atoms with Crippen LogP contribution in [0, 0.1) is 0 Å². The van der Waals surface area contributed by atoms with Gasteiger partial charge < -0.3 is 20.3 Å². The van der Waals surface area contributed by atoms with Crippen molar-refractivity contribution in [3.8, 4) is 0 Å². The van der Waals surface area contributed by atoms with E-state index in [0.29, 0.717) is 22.5 Å². The molecule has 4 rings (SSSR count). The third-order valence-corrected chi connectivity index (χ3v) is 5.01. The number of aromatic nitrogens is 4. The molecule has 3 N–H and O–H groups in total. The predicted octanol–water partition coefficient (Wildman–Crippen LogP) is 2.37. The average molecular weight is 380 g/mol. The minimum Gasteiger partial charge on any atom is -0.393 e. The summed E-state index contributed by atoms with van der Waals surface area (Å²) in [6, 6.07) is 5.80. The average Bonchev–Trinajstić information content (AvgIpc) is 2.69. The summed E-state index contributed by atoms with van der Waals surface area (Å²) in [6.07, 6.45) is 6.32. The molecule has 0 radical (unpaired) electrons. The topological polar surface area (TPSA) is 107 Å². The van der Waals surface area contributed by atoms with Crippen LogP contribution in [0.4, 0.5) is 17.2 Å². The molecule has 1 saturated heterocycles. The molecule has 28 heavy (non-hydrogen) atoms. The summed E-state index contributed by atoms with van der Waals surface area (Å²) in [5, 5.41) is 13.3. The molecule has 1 aliphatic heterocycles. The van der Waals surface area contributed by atoms with Gasteiger partial charge in [-0.05, 0) is 37.5 Å². The number of aliphatic hydroxyl groups excluding tert-OH is 1. The van der Waals surface area contributed by atoms with Crippen molar-refractivity contribution in [3.05, 3.63) is 46.8 Å². The van der Waals surface area contributed by atoms with Crippen LogP contribution in [0.5, 0.6) is 0 Å². The van der Waals surface area contributed by atoms with Crippen LogP contribution in [-0.4, -0.2) is 44.2 Å². The van der Waals surface area contributed by atoms with Gasteiger partial charge in [-0.15, -0.1) is 0 Å². The second-order valence-electron chi connectivity index (χ2n) is 7.09. The van der Waals surface area contributed by atoms with Crippen LogP contribution in [0.3, 0.4) is 0 Å². The van der Waals surface area contributed by atoms with Crippen LogP contribution in [0.2, 0.25) is 0 Å². The minimum absolute atomic E-state index is 0.200. The number of pyridine rings is 2. The van der Waals surface area contributed by atoms with Crippen molar-refractivity contribution in [2.45, 2.75) is 38.7 Å². The van der Waals surface area contributed by atoms with E-state index >= 15 is 0 Å². The lowest BCUT2D eigenvalue weighted by molar-refractivity contribution is 0.145. The first kappa shape index (κ1) is 18.4. The number of anilines is 3. The Morgan fingerprint density at radius 2 is 2.11 bits per heavy atom. The Hall–Kier alpha value is -3.00.